The molecule has 6 heteroatoms. The van der Waals surface area contributed by atoms with Gasteiger partial charge in [0.2, 0.25) is 5.88 Å². The van der Waals surface area contributed by atoms with E-state index in [9.17, 15) is 4.79 Å². The number of nitrogens with zero attached hydrogens (tertiary/aromatic N) is 2. The quantitative estimate of drug-likeness (QED) is 0.899. The Morgan fingerprint density at radius 3 is 2.85 bits per heavy atom. The molecule has 1 aliphatic rings. The maximum atomic E-state index is 12.0. The number of carbonyl (C=O) groups excluding carboxylic acids is 1. The highest BCUT2D eigenvalue weighted by molar-refractivity contribution is 9.10. The second-order valence-corrected chi connectivity index (χ2v) is 6.89. The van der Waals surface area contributed by atoms with Gasteiger partial charge in [-0.15, -0.1) is 0 Å². The van der Waals surface area contributed by atoms with E-state index in [4.69, 9.17) is 4.74 Å². The van der Waals surface area contributed by atoms with Crippen LogP contribution in [0.15, 0.2) is 22.8 Å². The molecule has 0 unspecified atom stereocenters. The minimum atomic E-state index is -0.219. The molecule has 0 bridgehead atoms. The van der Waals surface area contributed by atoms with Gasteiger partial charge in [-0.2, -0.15) is 0 Å². The van der Waals surface area contributed by atoms with Gasteiger partial charge >= 0.3 is 6.03 Å². The molecule has 0 aromatic carbocycles. The summed E-state index contributed by atoms with van der Waals surface area (Å²) in [7, 11) is 0. The first-order valence-electron chi connectivity index (χ1n) is 6.69. The highest BCUT2D eigenvalue weighted by Crippen LogP contribution is 2.18. The van der Waals surface area contributed by atoms with Crippen LogP contribution in [0.3, 0.4) is 0 Å². The van der Waals surface area contributed by atoms with Crippen LogP contribution < -0.4 is 10.1 Å². The van der Waals surface area contributed by atoms with Crippen molar-refractivity contribution in [2.75, 3.05) is 13.1 Å². The Balaban J connectivity index is 1.86. The third-order valence-corrected chi connectivity index (χ3v) is 3.37. The number of ether oxygens (including phenoxy) is 1. The molecule has 1 aromatic rings. The molecule has 0 aliphatic carbocycles. The Morgan fingerprint density at radius 2 is 2.25 bits per heavy atom. The number of amides is 2. The first-order valence-corrected chi connectivity index (χ1v) is 7.48. The number of rotatable bonds is 2. The van der Waals surface area contributed by atoms with E-state index in [0.717, 1.165) is 10.9 Å². The van der Waals surface area contributed by atoms with Crippen LogP contribution in [0, 0.1) is 0 Å². The molecule has 0 saturated carbocycles. The minimum Gasteiger partial charge on any atom is -0.472 e. The molecule has 1 aromatic heterocycles. The van der Waals surface area contributed by atoms with Crippen LogP contribution in [0.1, 0.15) is 27.2 Å². The van der Waals surface area contributed by atoms with E-state index in [1.807, 2.05) is 32.9 Å². The number of nitrogens with one attached hydrogen (secondary N) is 1. The van der Waals surface area contributed by atoms with Gasteiger partial charge in [0.05, 0.1) is 6.54 Å². The summed E-state index contributed by atoms with van der Waals surface area (Å²) in [6.45, 7) is 7.23. The van der Waals surface area contributed by atoms with Crippen LogP contribution in [-0.2, 0) is 0 Å². The maximum Gasteiger partial charge on any atom is 0.317 e. The number of pyridine rings is 1. The summed E-state index contributed by atoms with van der Waals surface area (Å²) in [5, 5.41) is 2.96. The second-order valence-electron chi connectivity index (χ2n) is 5.97. The first kappa shape index (κ1) is 15.1. The molecule has 110 valence electrons. The summed E-state index contributed by atoms with van der Waals surface area (Å²) >= 11 is 3.34. The first-order chi connectivity index (χ1) is 9.33. The number of likely N-dealkylation sites (tertiary alicyclic amines) is 1. The van der Waals surface area contributed by atoms with Gasteiger partial charge in [0.1, 0.15) is 6.10 Å². The van der Waals surface area contributed by atoms with E-state index < -0.39 is 0 Å². The van der Waals surface area contributed by atoms with E-state index in [1.165, 1.54) is 0 Å². The standard InChI is InChI=1S/C14H20BrN3O2/c1-14(2,3)17-13(19)18-7-6-11(9-18)20-12-5-4-10(15)8-16-12/h4-5,8,11H,6-7,9H2,1-3H3,(H,17,19)/t11-/m1/s1. The Bertz CT molecular complexity index is 470. The van der Waals surface area contributed by atoms with Crippen molar-refractivity contribution in [3.63, 3.8) is 0 Å². The summed E-state index contributed by atoms with van der Waals surface area (Å²) in [5.74, 6) is 0.594. The molecule has 5 nitrogen and oxygen atoms in total. The summed E-state index contributed by atoms with van der Waals surface area (Å²) in [6, 6.07) is 3.68. The molecule has 1 fully saturated rings. The normalized spacial score (nSPS) is 19.0. The van der Waals surface area contributed by atoms with Gasteiger partial charge in [-0.1, -0.05) is 0 Å². The third kappa shape index (κ3) is 4.37. The van der Waals surface area contributed by atoms with Crippen molar-refractivity contribution in [2.45, 2.75) is 38.8 Å². The Morgan fingerprint density at radius 1 is 1.50 bits per heavy atom. The predicted octanol–water partition coefficient (Wildman–Crippen LogP) is 2.81. The number of urea groups is 1. The third-order valence-electron chi connectivity index (χ3n) is 2.90. The zero-order chi connectivity index (χ0) is 14.8. The Kier molecular flexibility index (Phi) is 4.52. The fourth-order valence-corrected chi connectivity index (χ4v) is 2.25. The lowest BCUT2D eigenvalue weighted by molar-refractivity contribution is 0.178. The van der Waals surface area contributed by atoms with Gasteiger partial charge in [-0.3, -0.25) is 0 Å². The van der Waals surface area contributed by atoms with Crippen LogP contribution in [0.4, 0.5) is 4.79 Å². The van der Waals surface area contributed by atoms with E-state index in [1.54, 1.807) is 11.1 Å². The highest BCUT2D eigenvalue weighted by Gasteiger charge is 2.29. The highest BCUT2D eigenvalue weighted by atomic mass is 79.9. The van der Waals surface area contributed by atoms with E-state index >= 15 is 0 Å². The van der Waals surface area contributed by atoms with Gasteiger partial charge in [-0.25, -0.2) is 9.78 Å². The van der Waals surface area contributed by atoms with Gasteiger partial charge in [-0.05, 0) is 42.8 Å². The summed E-state index contributed by atoms with van der Waals surface area (Å²) in [4.78, 5) is 18.0. The molecule has 1 atom stereocenters. The van der Waals surface area contributed by atoms with Crippen molar-refractivity contribution in [1.82, 2.24) is 15.2 Å². The van der Waals surface area contributed by atoms with Crippen molar-refractivity contribution in [3.8, 4) is 5.88 Å². The fraction of sp³-hybridized carbons (Fsp3) is 0.571. The lowest BCUT2D eigenvalue weighted by Crippen LogP contribution is -2.48. The van der Waals surface area contributed by atoms with E-state index in [-0.39, 0.29) is 17.7 Å². The monoisotopic (exact) mass is 341 g/mol. The molecule has 0 radical (unpaired) electrons. The van der Waals surface area contributed by atoms with E-state index in [2.05, 4.69) is 26.2 Å². The van der Waals surface area contributed by atoms with Gasteiger partial charge in [0.15, 0.2) is 0 Å². The number of aromatic nitrogens is 1. The molecule has 20 heavy (non-hydrogen) atoms. The second kappa shape index (κ2) is 5.99. The molecule has 1 N–H and O–H groups in total. The Labute approximate surface area is 127 Å². The molecule has 2 rings (SSSR count). The number of halogens is 1. The molecule has 1 aliphatic heterocycles. The SMILES string of the molecule is CC(C)(C)NC(=O)N1CC[C@@H](Oc2ccc(Br)cn2)C1. The minimum absolute atomic E-state index is 0.00870. The smallest absolute Gasteiger partial charge is 0.317 e. The average Bonchev–Trinajstić information content (AvgIpc) is 2.79. The molecule has 2 heterocycles. The topological polar surface area (TPSA) is 54.5 Å². The maximum absolute atomic E-state index is 12.0. The number of hydrogen-bond donors (Lipinski definition) is 1. The summed E-state index contributed by atoms with van der Waals surface area (Å²) in [5.41, 5.74) is -0.219. The van der Waals surface area contributed by atoms with Crippen molar-refractivity contribution < 1.29 is 9.53 Å². The van der Waals surface area contributed by atoms with Crippen LogP contribution in [0.2, 0.25) is 0 Å². The lowest BCUT2D eigenvalue weighted by atomic mass is 10.1. The number of carbonyl (C=O) groups is 1. The molecular formula is C14H20BrN3O2. The fourth-order valence-electron chi connectivity index (χ4n) is 2.01. The van der Waals surface area contributed by atoms with Gasteiger partial charge in [0.25, 0.3) is 0 Å². The average molecular weight is 342 g/mol. The van der Waals surface area contributed by atoms with Crippen molar-refractivity contribution in [3.05, 3.63) is 22.8 Å². The van der Waals surface area contributed by atoms with Crippen LogP contribution >= 0.6 is 15.9 Å². The van der Waals surface area contributed by atoms with Crippen LogP contribution in [0.5, 0.6) is 5.88 Å². The molecular weight excluding hydrogens is 322 g/mol. The number of hydrogen-bond acceptors (Lipinski definition) is 3. The lowest BCUT2D eigenvalue weighted by Gasteiger charge is -2.25. The summed E-state index contributed by atoms with van der Waals surface area (Å²) in [6.07, 6.45) is 2.54. The largest absolute Gasteiger partial charge is 0.472 e. The molecule has 2 amide bonds. The van der Waals surface area contributed by atoms with Crippen LogP contribution in [0.25, 0.3) is 0 Å². The Hall–Kier alpha value is -1.30. The molecule has 0 spiro atoms. The van der Waals surface area contributed by atoms with Gasteiger partial charge in [0, 0.05) is 35.2 Å². The zero-order valence-corrected chi connectivity index (χ0v) is 13.6. The van der Waals surface area contributed by atoms with E-state index in [0.29, 0.717) is 19.0 Å². The molecule has 1 saturated heterocycles. The van der Waals surface area contributed by atoms with Crippen LogP contribution in [-0.4, -0.2) is 40.6 Å². The zero-order valence-electron chi connectivity index (χ0n) is 12.0. The van der Waals surface area contributed by atoms with Gasteiger partial charge < -0.3 is 15.0 Å². The van der Waals surface area contributed by atoms with Crippen molar-refractivity contribution in [1.29, 1.82) is 0 Å². The van der Waals surface area contributed by atoms with Crippen molar-refractivity contribution in [2.24, 2.45) is 0 Å². The predicted molar refractivity (Wildman–Crippen MR) is 80.8 cm³/mol. The van der Waals surface area contributed by atoms with Crippen molar-refractivity contribution >= 4 is 22.0 Å². The summed E-state index contributed by atoms with van der Waals surface area (Å²) < 4.78 is 6.71.